The third-order valence-electron chi connectivity index (χ3n) is 9.80. The molecule has 2 saturated carbocycles. The van der Waals surface area contributed by atoms with Crippen molar-refractivity contribution in [2.75, 3.05) is 6.61 Å². The van der Waals surface area contributed by atoms with E-state index in [1.54, 1.807) is 0 Å². The third-order valence-corrected chi connectivity index (χ3v) is 9.80. The van der Waals surface area contributed by atoms with Gasteiger partial charge in [0, 0.05) is 56.3 Å². The Morgan fingerprint density at radius 3 is 2.29 bits per heavy atom. The number of carbonyl (C=O) groups is 3. The van der Waals surface area contributed by atoms with Crippen LogP contribution in [0, 0.1) is 29.1 Å². The van der Waals surface area contributed by atoms with Crippen molar-refractivity contribution in [3.8, 4) is 0 Å². The molecule has 0 aromatic rings. The summed E-state index contributed by atoms with van der Waals surface area (Å²) < 4.78 is 30.5. The van der Waals surface area contributed by atoms with Gasteiger partial charge >= 0.3 is 17.9 Å². The number of aliphatic hydroxyl groups is 1. The normalized spacial score (nSPS) is 45.2. The van der Waals surface area contributed by atoms with Crippen LogP contribution in [-0.4, -0.2) is 64.4 Å². The molecule has 9 nitrogen and oxygen atoms in total. The minimum Gasteiger partial charge on any atom is -0.461 e. The number of hydrogen-bond acceptors (Lipinski definition) is 9. The predicted molar refractivity (Wildman–Crippen MR) is 134 cm³/mol. The Labute approximate surface area is 223 Å². The van der Waals surface area contributed by atoms with Gasteiger partial charge in [0.2, 0.25) is 0 Å². The van der Waals surface area contributed by atoms with Crippen molar-refractivity contribution in [1.82, 2.24) is 0 Å². The van der Waals surface area contributed by atoms with E-state index in [1.807, 2.05) is 53.7 Å². The summed E-state index contributed by atoms with van der Waals surface area (Å²) in [4.78, 5) is 36.6. The summed E-state index contributed by atoms with van der Waals surface area (Å²) in [7, 11) is 0. The largest absolute Gasteiger partial charge is 0.461 e. The van der Waals surface area contributed by atoms with Crippen molar-refractivity contribution in [2.45, 2.75) is 104 Å². The molecule has 1 spiro atoms. The van der Waals surface area contributed by atoms with E-state index in [0.29, 0.717) is 6.42 Å². The molecular formula is C29H40O9. The van der Waals surface area contributed by atoms with E-state index in [-0.39, 0.29) is 12.5 Å². The Balaban J connectivity index is 1.73. The van der Waals surface area contributed by atoms with E-state index in [1.165, 1.54) is 20.8 Å². The molecule has 9 unspecified atom stereocenters. The van der Waals surface area contributed by atoms with Gasteiger partial charge in [0.1, 0.15) is 24.4 Å². The van der Waals surface area contributed by atoms with E-state index in [9.17, 15) is 19.5 Å². The topological polar surface area (TPSA) is 118 Å². The first kappa shape index (κ1) is 27.3. The Kier molecular flexibility index (Phi) is 5.86. The van der Waals surface area contributed by atoms with E-state index >= 15 is 0 Å². The van der Waals surface area contributed by atoms with Crippen LogP contribution in [0.25, 0.3) is 0 Å². The average Bonchev–Trinajstić information content (AvgIpc) is 2.99. The predicted octanol–water partition coefficient (Wildman–Crippen LogP) is 3.23. The van der Waals surface area contributed by atoms with Crippen LogP contribution >= 0.6 is 0 Å². The first-order valence-corrected chi connectivity index (χ1v) is 13.4. The number of carbonyl (C=O) groups excluding carboxylic acids is 3. The number of ether oxygens (including phenoxy) is 5. The van der Waals surface area contributed by atoms with Gasteiger partial charge < -0.3 is 28.8 Å². The highest BCUT2D eigenvalue weighted by Gasteiger charge is 2.88. The van der Waals surface area contributed by atoms with E-state index in [0.717, 1.165) is 11.1 Å². The fourth-order valence-corrected chi connectivity index (χ4v) is 8.66. The highest BCUT2D eigenvalue weighted by Crippen LogP contribution is 2.77. The molecule has 0 aromatic heterocycles. The van der Waals surface area contributed by atoms with Crippen molar-refractivity contribution in [3.63, 3.8) is 0 Å². The summed E-state index contributed by atoms with van der Waals surface area (Å²) in [5.74, 6) is -4.35. The zero-order chi connectivity index (χ0) is 28.2. The molecule has 3 fully saturated rings. The van der Waals surface area contributed by atoms with Gasteiger partial charge in [0.05, 0.1) is 5.60 Å². The molecule has 0 radical (unpaired) electrons. The molecule has 9 heteroatoms. The Morgan fingerprint density at radius 1 is 1.05 bits per heavy atom. The molecule has 1 aliphatic heterocycles. The number of esters is 3. The van der Waals surface area contributed by atoms with Crippen LogP contribution in [0.3, 0.4) is 0 Å². The Hall–Kier alpha value is -2.23. The van der Waals surface area contributed by atoms with Gasteiger partial charge in [-0.25, -0.2) is 0 Å². The van der Waals surface area contributed by atoms with E-state index in [2.05, 4.69) is 0 Å². The molecule has 5 rings (SSSR count). The van der Waals surface area contributed by atoms with Crippen molar-refractivity contribution >= 4 is 17.9 Å². The van der Waals surface area contributed by atoms with Gasteiger partial charge in [-0.1, -0.05) is 32.9 Å². The maximum absolute atomic E-state index is 13.0. The lowest BCUT2D eigenvalue weighted by molar-refractivity contribution is -0.239. The summed E-state index contributed by atoms with van der Waals surface area (Å²) in [5, 5.41) is 13.0. The molecular weight excluding hydrogens is 492 g/mol. The average molecular weight is 533 g/mol. The standard InChI is InChI=1S/C29H40O9/c1-14-10-21-27(23(14)37-26(8,9)38-27)12-19(13-34-16(3)30)11-20-22-25(6,7)29(22,36-18(5)32)24(35-17(4)31)15(2)28(20,21)33/h10-11,15,20-24,33H,12-13H2,1-9H3. The van der Waals surface area contributed by atoms with Crippen LogP contribution in [0.4, 0.5) is 0 Å². The van der Waals surface area contributed by atoms with Crippen molar-refractivity contribution < 1.29 is 43.2 Å². The summed E-state index contributed by atoms with van der Waals surface area (Å²) in [5.41, 5.74) is -2.41. The first-order chi connectivity index (χ1) is 17.4. The summed E-state index contributed by atoms with van der Waals surface area (Å²) >= 11 is 0. The van der Waals surface area contributed by atoms with Gasteiger partial charge in [0.25, 0.3) is 0 Å². The molecule has 4 aliphatic carbocycles. The van der Waals surface area contributed by atoms with Crippen molar-refractivity contribution in [3.05, 3.63) is 23.3 Å². The van der Waals surface area contributed by atoms with Gasteiger partial charge in [-0.2, -0.15) is 0 Å². The van der Waals surface area contributed by atoms with E-state index < -0.39 is 75.9 Å². The quantitative estimate of drug-likeness (QED) is 0.331. The molecule has 1 saturated heterocycles. The maximum atomic E-state index is 13.0. The molecule has 210 valence electrons. The fourth-order valence-electron chi connectivity index (χ4n) is 8.66. The maximum Gasteiger partial charge on any atom is 0.303 e. The monoisotopic (exact) mass is 532 g/mol. The first-order valence-electron chi connectivity index (χ1n) is 13.4. The smallest absolute Gasteiger partial charge is 0.303 e. The lowest BCUT2D eigenvalue weighted by Gasteiger charge is -2.53. The van der Waals surface area contributed by atoms with Gasteiger partial charge in [-0.3, -0.25) is 14.4 Å². The Bertz CT molecular complexity index is 1150. The molecule has 0 aromatic carbocycles. The molecule has 0 amide bonds. The number of hydrogen-bond donors (Lipinski definition) is 1. The lowest BCUT2D eigenvalue weighted by Crippen LogP contribution is -2.66. The van der Waals surface area contributed by atoms with Gasteiger partial charge in [0.15, 0.2) is 11.4 Å². The van der Waals surface area contributed by atoms with Crippen LogP contribution in [0.5, 0.6) is 0 Å². The number of rotatable bonds is 4. The molecule has 1 N–H and O–H groups in total. The number of fused-ring (bicyclic) bond motifs is 4. The minimum absolute atomic E-state index is 0.0431. The highest BCUT2D eigenvalue weighted by molar-refractivity contribution is 5.69. The zero-order valence-corrected chi connectivity index (χ0v) is 23.7. The van der Waals surface area contributed by atoms with Gasteiger partial charge in [-0.05, 0) is 31.9 Å². The second-order valence-electron chi connectivity index (χ2n) is 12.9. The summed E-state index contributed by atoms with van der Waals surface area (Å²) in [6, 6.07) is 0. The highest BCUT2D eigenvalue weighted by atomic mass is 16.8. The second-order valence-corrected chi connectivity index (χ2v) is 12.9. The van der Waals surface area contributed by atoms with Crippen LogP contribution in [0.1, 0.15) is 68.7 Å². The van der Waals surface area contributed by atoms with E-state index in [4.69, 9.17) is 23.7 Å². The van der Waals surface area contributed by atoms with Crippen molar-refractivity contribution in [1.29, 1.82) is 0 Å². The fraction of sp³-hybridized carbons (Fsp3) is 0.759. The zero-order valence-electron chi connectivity index (χ0n) is 23.7. The van der Waals surface area contributed by atoms with Crippen molar-refractivity contribution in [2.24, 2.45) is 29.1 Å². The molecule has 9 atom stereocenters. The molecule has 0 bridgehead atoms. The summed E-state index contributed by atoms with van der Waals surface area (Å²) in [6.45, 7) is 15.6. The Morgan fingerprint density at radius 2 is 1.71 bits per heavy atom. The molecule has 38 heavy (non-hydrogen) atoms. The van der Waals surface area contributed by atoms with Crippen LogP contribution < -0.4 is 0 Å². The summed E-state index contributed by atoms with van der Waals surface area (Å²) in [6.07, 6.45) is 3.10. The molecule has 5 aliphatic rings. The van der Waals surface area contributed by atoms with Gasteiger partial charge in [-0.15, -0.1) is 0 Å². The lowest BCUT2D eigenvalue weighted by atomic mass is 9.58. The SMILES string of the molecule is CC(=O)OCC1=CC2C3C(C)(C)C3(OC(C)=O)C(OC(C)=O)C(C)C2(O)C2C=C(C)C3OC(C)(C)OC32C1. The van der Waals surface area contributed by atoms with Crippen LogP contribution in [0.2, 0.25) is 0 Å². The third kappa shape index (κ3) is 3.43. The molecule has 1 heterocycles. The minimum atomic E-state index is -1.46. The van der Waals surface area contributed by atoms with Crippen LogP contribution in [0.15, 0.2) is 23.3 Å². The van der Waals surface area contributed by atoms with Crippen LogP contribution in [-0.2, 0) is 38.1 Å². The second kappa shape index (κ2) is 8.15.